The van der Waals surface area contributed by atoms with Crippen molar-refractivity contribution in [1.29, 1.82) is 0 Å². The first-order valence-corrected chi connectivity index (χ1v) is 6.53. The molecule has 0 aromatic carbocycles. The third kappa shape index (κ3) is 2.82. The minimum atomic E-state index is -0.341. The molecule has 2 N–H and O–H groups in total. The molecular formula is C13H18ClN3O. The first-order chi connectivity index (χ1) is 8.51. The van der Waals surface area contributed by atoms with Crippen LogP contribution in [0.4, 0.5) is 5.69 Å². The van der Waals surface area contributed by atoms with Gasteiger partial charge in [0.15, 0.2) is 0 Å². The zero-order valence-corrected chi connectivity index (χ0v) is 11.5. The number of nitrogens with one attached hydrogen (secondary N) is 2. The van der Waals surface area contributed by atoms with Crippen molar-refractivity contribution in [3.8, 4) is 0 Å². The second-order valence-electron chi connectivity index (χ2n) is 5.13. The highest BCUT2D eigenvalue weighted by atomic mass is 35.5. The molecule has 0 radical (unpaired) electrons. The van der Waals surface area contributed by atoms with E-state index in [1.807, 2.05) is 19.9 Å². The van der Waals surface area contributed by atoms with Gasteiger partial charge in [0, 0.05) is 6.54 Å². The van der Waals surface area contributed by atoms with Gasteiger partial charge in [0.05, 0.1) is 17.3 Å². The van der Waals surface area contributed by atoms with Crippen LogP contribution >= 0.6 is 11.6 Å². The summed E-state index contributed by atoms with van der Waals surface area (Å²) in [5.74, 6) is 0.0400. The van der Waals surface area contributed by atoms with Gasteiger partial charge < -0.3 is 10.6 Å². The summed E-state index contributed by atoms with van der Waals surface area (Å²) < 4.78 is 0. The van der Waals surface area contributed by atoms with Gasteiger partial charge in [0.25, 0.3) is 0 Å². The molecule has 0 aliphatic carbocycles. The zero-order chi connectivity index (χ0) is 13.2. The van der Waals surface area contributed by atoms with Crippen LogP contribution in [0.15, 0.2) is 12.3 Å². The number of carbonyl (C=O) groups is 1. The molecule has 1 atom stereocenters. The largest absolute Gasteiger partial charge is 0.324 e. The van der Waals surface area contributed by atoms with Gasteiger partial charge in [-0.15, -0.1) is 0 Å². The van der Waals surface area contributed by atoms with E-state index in [2.05, 4.69) is 15.6 Å². The molecule has 5 heteroatoms. The lowest BCUT2D eigenvalue weighted by Crippen LogP contribution is -2.46. The summed E-state index contributed by atoms with van der Waals surface area (Å²) in [6.07, 6.45) is 3.53. The number of anilines is 1. The Bertz CT molecular complexity index is 456. The number of piperidine rings is 1. The van der Waals surface area contributed by atoms with Crippen LogP contribution in [0.3, 0.4) is 0 Å². The van der Waals surface area contributed by atoms with Crippen molar-refractivity contribution in [2.24, 2.45) is 5.41 Å². The molecule has 1 aliphatic rings. The standard InChI is InChI=1S/C13H18ClN3O/c1-9-6-10(7-16-11(9)14)17-12(18)13(2)4-3-5-15-8-13/h6-7,15H,3-5,8H2,1-2H3,(H,17,18). The van der Waals surface area contributed by atoms with Crippen molar-refractivity contribution in [3.63, 3.8) is 0 Å². The van der Waals surface area contributed by atoms with Crippen molar-refractivity contribution in [2.45, 2.75) is 26.7 Å². The number of hydrogen-bond acceptors (Lipinski definition) is 3. The predicted octanol–water partition coefficient (Wildman–Crippen LogP) is 2.37. The zero-order valence-electron chi connectivity index (χ0n) is 10.7. The summed E-state index contributed by atoms with van der Waals surface area (Å²) in [5.41, 5.74) is 1.22. The van der Waals surface area contributed by atoms with Gasteiger partial charge in [-0.1, -0.05) is 11.6 Å². The first kappa shape index (κ1) is 13.3. The number of aryl methyl sites for hydroxylation is 1. The number of aromatic nitrogens is 1. The molecule has 0 bridgehead atoms. The van der Waals surface area contributed by atoms with Crippen molar-refractivity contribution in [2.75, 3.05) is 18.4 Å². The second-order valence-corrected chi connectivity index (χ2v) is 5.48. The molecule has 4 nitrogen and oxygen atoms in total. The maximum absolute atomic E-state index is 12.3. The fraction of sp³-hybridized carbons (Fsp3) is 0.538. The fourth-order valence-electron chi connectivity index (χ4n) is 2.16. The number of halogens is 1. The van der Waals surface area contributed by atoms with Gasteiger partial charge in [-0.2, -0.15) is 0 Å². The van der Waals surface area contributed by atoms with Crippen LogP contribution in [0, 0.1) is 12.3 Å². The van der Waals surface area contributed by atoms with Crippen LogP contribution < -0.4 is 10.6 Å². The second kappa shape index (κ2) is 5.24. The van der Waals surface area contributed by atoms with Crippen molar-refractivity contribution < 1.29 is 4.79 Å². The lowest BCUT2D eigenvalue weighted by atomic mass is 9.82. The Kier molecular flexibility index (Phi) is 3.88. The number of carbonyl (C=O) groups excluding carboxylic acids is 1. The topological polar surface area (TPSA) is 54.0 Å². The van der Waals surface area contributed by atoms with Crippen molar-refractivity contribution in [3.05, 3.63) is 23.0 Å². The Morgan fingerprint density at radius 1 is 1.61 bits per heavy atom. The lowest BCUT2D eigenvalue weighted by molar-refractivity contribution is -0.125. The van der Waals surface area contributed by atoms with E-state index >= 15 is 0 Å². The quantitative estimate of drug-likeness (QED) is 0.809. The third-order valence-electron chi connectivity index (χ3n) is 3.42. The molecule has 18 heavy (non-hydrogen) atoms. The Hall–Kier alpha value is -1.13. The number of amides is 1. The molecule has 1 fully saturated rings. The van der Waals surface area contributed by atoms with E-state index in [0.29, 0.717) is 10.8 Å². The van der Waals surface area contributed by atoms with Crippen LogP contribution in [-0.4, -0.2) is 24.0 Å². The van der Waals surface area contributed by atoms with Crippen LogP contribution in [-0.2, 0) is 4.79 Å². The van der Waals surface area contributed by atoms with Gasteiger partial charge in [-0.05, 0) is 44.9 Å². The van der Waals surface area contributed by atoms with E-state index < -0.39 is 0 Å². The normalized spacial score (nSPS) is 23.7. The number of rotatable bonds is 2. The third-order valence-corrected chi connectivity index (χ3v) is 3.81. The minimum Gasteiger partial charge on any atom is -0.324 e. The molecule has 1 aromatic heterocycles. The van der Waals surface area contributed by atoms with E-state index in [1.165, 1.54) is 0 Å². The average molecular weight is 268 g/mol. The molecule has 98 valence electrons. The Morgan fingerprint density at radius 2 is 2.39 bits per heavy atom. The van der Waals surface area contributed by atoms with Crippen LogP contribution in [0.2, 0.25) is 5.15 Å². The average Bonchev–Trinajstić information content (AvgIpc) is 2.35. The molecule has 1 saturated heterocycles. The van der Waals surface area contributed by atoms with Gasteiger partial charge in [-0.25, -0.2) is 4.98 Å². The molecule has 1 amide bonds. The lowest BCUT2D eigenvalue weighted by Gasteiger charge is -2.32. The molecule has 1 unspecified atom stereocenters. The monoisotopic (exact) mass is 267 g/mol. The molecule has 1 aliphatic heterocycles. The summed E-state index contributed by atoms with van der Waals surface area (Å²) >= 11 is 5.86. The Labute approximate surface area is 112 Å². The van der Waals surface area contributed by atoms with Crippen LogP contribution in [0.5, 0.6) is 0 Å². The fourth-order valence-corrected chi connectivity index (χ4v) is 2.26. The number of hydrogen-bond donors (Lipinski definition) is 2. The van der Waals surface area contributed by atoms with Gasteiger partial charge in [-0.3, -0.25) is 4.79 Å². The van der Waals surface area contributed by atoms with E-state index in [-0.39, 0.29) is 11.3 Å². The first-order valence-electron chi connectivity index (χ1n) is 6.16. The molecule has 2 heterocycles. The highest BCUT2D eigenvalue weighted by Gasteiger charge is 2.34. The molecule has 0 spiro atoms. The minimum absolute atomic E-state index is 0.0400. The maximum Gasteiger partial charge on any atom is 0.231 e. The SMILES string of the molecule is Cc1cc(NC(=O)C2(C)CCCNC2)cnc1Cl. The summed E-state index contributed by atoms with van der Waals surface area (Å²) in [6, 6.07) is 1.84. The van der Waals surface area contributed by atoms with E-state index in [1.54, 1.807) is 6.20 Å². The Balaban J connectivity index is 2.08. The van der Waals surface area contributed by atoms with E-state index in [0.717, 1.165) is 31.5 Å². The van der Waals surface area contributed by atoms with E-state index in [9.17, 15) is 4.79 Å². The molecular weight excluding hydrogens is 250 g/mol. The predicted molar refractivity (Wildman–Crippen MR) is 72.8 cm³/mol. The van der Waals surface area contributed by atoms with Crippen molar-refractivity contribution >= 4 is 23.2 Å². The summed E-state index contributed by atoms with van der Waals surface area (Å²) in [6.45, 7) is 5.57. The van der Waals surface area contributed by atoms with Gasteiger partial charge in [0.2, 0.25) is 5.91 Å². The smallest absolute Gasteiger partial charge is 0.231 e. The molecule has 2 rings (SSSR count). The summed E-state index contributed by atoms with van der Waals surface area (Å²) in [4.78, 5) is 16.3. The highest BCUT2D eigenvalue weighted by Crippen LogP contribution is 2.27. The Morgan fingerprint density at radius 3 is 3.00 bits per heavy atom. The highest BCUT2D eigenvalue weighted by molar-refractivity contribution is 6.30. The van der Waals surface area contributed by atoms with Gasteiger partial charge >= 0.3 is 0 Å². The van der Waals surface area contributed by atoms with Crippen LogP contribution in [0.25, 0.3) is 0 Å². The van der Waals surface area contributed by atoms with Gasteiger partial charge in [0.1, 0.15) is 5.15 Å². The summed E-state index contributed by atoms with van der Waals surface area (Å²) in [5, 5.41) is 6.66. The van der Waals surface area contributed by atoms with Crippen LogP contribution in [0.1, 0.15) is 25.3 Å². The maximum atomic E-state index is 12.3. The van der Waals surface area contributed by atoms with Crippen molar-refractivity contribution in [1.82, 2.24) is 10.3 Å². The number of nitrogens with zero attached hydrogens (tertiary/aromatic N) is 1. The van der Waals surface area contributed by atoms with E-state index in [4.69, 9.17) is 11.6 Å². The molecule has 0 saturated carbocycles. The summed E-state index contributed by atoms with van der Waals surface area (Å²) in [7, 11) is 0. The molecule has 1 aromatic rings. The number of pyridine rings is 1.